The largest absolute Gasteiger partial charge is 0.355 e. The molecule has 0 aliphatic rings. The molecule has 3 rings (SSSR count). The molecule has 0 aliphatic carbocycles. The van der Waals surface area contributed by atoms with Crippen molar-refractivity contribution in [2.45, 2.75) is 31.1 Å². The second kappa shape index (κ2) is 12.6. The number of nitrogens with zero attached hydrogens (tertiary/aromatic N) is 3. The van der Waals surface area contributed by atoms with Crippen LogP contribution < -0.4 is 10.6 Å². The number of allylic oxidation sites excluding steroid dienone is 1. The SMILES string of the molecule is C=CCn1c(SCC(=O)NCCc2ccccc2)nnc1[C@H](C)NC(=O)c1ccc(Cl)cc1Cl. The summed E-state index contributed by atoms with van der Waals surface area (Å²) in [5, 5.41) is 15.5. The van der Waals surface area contributed by atoms with E-state index in [0.717, 1.165) is 6.42 Å². The van der Waals surface area contributed by atoms with Crippen molar-refractivity contribution in [3.63, 3.8) is 0 Å². The monoisotopic (exact) mass is 517 g/mol. The van der Waals surface area contributed by atoms with Gasteiger partial charge in [0, 0.05) is 18.1 Å². The van der Waals surface area contributed by atoms with Crippen molar-refractivity contribution in [1.29, 1.82) is 0 Å². The number of amides is 2. The number of hydrogen-bond acceptors (Lipinski definition) is 5. The average Bonchev–Trinajstić information content (AvgIpc) is 3.21. The van der Waals surface area contributed by atoms with Crippen LogP contribution in [0.5, 0.6) is 0 Å². The minimum Gasteiger partial charge on any atom is -0.355 e. The van der Waals surface area contributed by atoms with E-state index in [0.29, 0.717) is 34.7 Å². The van der Waals surface area contributed by atoms with Gasteiger partial charge in [0.2, 0.25) is 5.91 Å². The first-order chi connectivity index (χ1) is 16.4. The summed E-state index contributed by atoms with van der Waals surface area (Å²) in [4.78, 5) is 25.0. The van der Waals surface area contributed by atoms with Crippen molar-refractivity contribution < 1.29 is 9.59 Å². The molecule has 2 aromatic carbocycles. The van der Waals surface area contributed by atoms with Gasteiger partial charge in [0.15, 0.2) is 11.0 Å². The maximum Gasteiger partial charge on any atom is 0.253 e. The zero-order valence-electron chi connectivity index (χ0n) is 18.6. The summed E-state index contributed by atoms with van der Waals surface area (Å²) in [6.07, 6.45) is 2.48. The summed E-state index contributed by atoms with van der Waals surface area (Å²) in [7, 11) is 0. The highest BCUT2D eigenvalue weighted by atomic mass is 35.5. The molecule has 3 aromatic rings. The van der Waals surface area contributed by atoms with Crippen molar-refractivity contribution in [3.8, 4) is 0 Å². The van der Waals surface area contributed by atoms with Crippen molar-refractivity contribution in [1.82, 2.24) is 25.4 Å². The molecule has 2 amide bonds. The molecule has 2 N–H and O–H groups in total. The molecule has 0 fully saturated rings. The molecular formula is C24H25Cl2N5O2S. The average molecular weight is 518 g/mol. The van der Waals surface area contributed by atoms with E-state index in [2.05, 4.69) is 27.4 Å². The Hall–Kier alpha value is -2.81. The highest BCUT2D eigenvalue weighted by Crippen LogP contribution is 2.23. The van der Waals surface area contributed by atoms with Crippen molar-refractivity contribution in [3.05, 3.63) is 88.2 Å². The van der Waals surface area contributed by atoms with E-state index in [9.17, 15) is 9.59 Å². The predicted octanol–water partition coefficient (Wildman–Crippen LogP) is 4.71. The first-order valence-electron chi connectivity index (χ1n) is 10.6. The van der Waals surface area contributed by atoms with Gasteiger partial charge in [-0.25, -0.2) is 0 Å². The number of thioether (sulfide) groups is 1. The standard InChI is InChI=1S/C24H25Cl2N5O2S/c1-3-13-31-22(16(2)28-23(33)19-10-9-18(25)14-20(19)26)29-30-24(31)34-15-21(32)27-12-11-17-7-5-4-6-8-17/h3-10,14,16H,1,11-13,15H2,2H3,(H,27,32)(H,28,33)/t16-/m0/s1. The van der Waals surface area contributed by atoms with Gasteiger partial charge in [-0.15, -0.1) is 16.8 Å². The van der Waals surface area contributed by atoms with Crippen LogP contribution in [0.25, 0.3) is 0 Å². The molecule has 10 heteroatoms. The summed E-state index contributed by atoms with van der Waals surface area (Å²) >= 11 is 13.3. The minimum absolute atomic E-state index is 0.0886. The molecule has 0 spiro atoms. The second-order valence-corrected chi connectivity index (χ2v) is 9.22. The van der Waals surface area contributed by atoms with Gasteiger partial charge in [0.1, 0.15) is 0 Å². The zero-order chi connectivity index (χ0) is 24.5. The molecular weight excluding hydrogens is 493 g/mol. The molecule has 34 heavy (non-hydrogen) atoms. The van der Waals surface area contributed by atoms with E-state index in [4.69, 9.17) is 23.2 Å². The number of carbonyl (C=O) groups excluding carboxylic acids is 2. The van der Waals surface area contributed by atoms with E-state index in [1.54, 1.807) is 25.1 Å². The molecule has 1 atom stereocenters. The number of hydrogen-bond donors (Lipinski definition) is 2. The Morgan fingerprint density at radius 1 is 1.18 bits per heavy atom. The van der Waals surface area contributed by atoms with Gasteiger partial charge in [-0.2, -0.15) is 0 Å². The van der Waals surface area contributed by atoms with Crippen molar-refractivity contribution in [2.75, 3.05) is 12.3 Å². The van der Waals surface area contributed by atoms with E-state index in [-0.39, 0.29) is 22.6 Å². The Morgan fingerprint density at radius 3 is 2.65 bits per heavy atom. The normalized spacial score (nSPS) is 11.6. The van der Waals surface area contributed by atoms with Crippen LogP contribution in [-0.4, -0.2) is 38.9 Å². The third kappa shape index (κ3) is 7.09. The summed E-state index contributed by atoms with van der Waals surface area (Å²) in [6, 6.07) is 14.2. The van der Waals surface area contributed by atoms with E-state index < -0.39 is 6.04 Å². The van der Waals surface area contributed by atoms with Crippen LogP contribution in [-0.2, 0) is 17.8 Å². The number of nitrogens with one attached hydrogen (secondary N) is 2. The first-order valence-corrected chi connectivity index (χ1v) is 12.4. The zero-order valence-corrected chi connectivity index (χ0v) is 21.0. The molecule has 1 aromatic heterocycles. The lowest BCUT2D eigenvalue weighted by Crippen LogP contribution is -2.29. The molecule has 0 saturated heterocycles. The summed E-state index contributed by atoms with van der Waals surface area (Å²) in [5.74, 6) is 0.305. The molecule has 178 valence electrons. The lowest BCUT2D eigenvalue weighted by molar-refractivity contribution is -0.118. The third-order valence-corrected chi connectivity index (χ3v) is 6.39. The number of aromatic nitrogens is 3. The van der Waals surface area contributed by atoms with Crippen molar-refractivity contribution >= 4 is 46.8 Å². The number of halogens is 2. The lowest BCUT2D eigenvalue weighted by Gasteiger charge is -2.16. The first kappa shape index (κ1) is 25.8. The fourth-order valence-corrected chi connectivity index (χ4v) is 4.49. The van der Waals surface area contributed by atoms with Crippen LogP contribution in [0.2, 0.25) is 10.0 Å². The van der Waals surface area contributed by atoms with Gasteiger partial charge in [-0.1, -0.05) is 71.4 Å². The van der Waals surface area contributed by atoms with Crippen LogP contribution in [0.4, 0.5) is 0 Å². The van der Waals surface area contributed by atoms with E-state index in [1.165, 1.54) is 23.4 Å². The maximum absolute atomic E-state index is 12.7. The molecule has 0 radical (unpaired) electrons. The Bertz CT molecular complexity index is 1150. The van der Waals surface area contributed by atoms with E-state index >= 15 is 0 Å². The van der Waals surface area contributed by atoms with Crippen LogP contribution in [0.15, 0.2) is 66.3 Å². The Morgan fingerprint density at radius 2 is 1.94 bits per heavy atom. The fraction of sp³-hybridized carbons (Fsp3) is 0.250. The van der Waals surface area contributed by atoms with Crippen LogP contribution >= 0.6 is 35.0 Å². The molecule has 0 aliphatic heterocycles. The number of carbonyl (C=O) groups is 2. The fourth-order valence-electron chi connectivity index (χ4n) is 3.21. The quantitative estimate of drug-likeness (QED) is 0.284. The summed E-state index contributed by atoms with van der Waals surface area (Å²) in [5.41, 5.74) is 1.48. The van der Waals surface area contributed by atoms with Crippen molar-refractivity contribution in [2.24, 2.45) is 0 Å². The summed E-state index contributed by atoms with van der Waals surface area (Å²) in [6.45, 7) is 6.58. The minimum atomic E-state index is -0.458. The third-order valence-electron chi connectivity index (χ3n) is 4.88. The highest BCUT2D eigenvalue weighted by Gasteiger charge is 2.21. The highest BCUT2D eigenvalue weighted by molar-refractivity contribution is 7.99. The van der Waals surface area contributed by atoms with Gasteiger partial charge in [-0.05, 0) is 37.1 Å². The van der Waals surface area contributed by atoms with Gasteiger partial charge >= 0.3 is 0 Å². The maximum atomic E-state index is 12.7. The lowest BCUT2D eigenvalue weighted by atomic mass is 10.1. The van der Waals surface area contributed by atoms with Crippen LogP contribution in [0, 0.1) is 0 Å². The molecule has 7 nitrogen and oxygen atoms in total. The topological polar surface area (TPSA) is 88.9 Å². The Kier molecular flexibility index (Phi) is 9.56. The molecule has 0 saturated carbocycles. The van der Waals surface area contributed by atoms with Gasteiger partial charge in [0.25, 0.3) is 5.91 Å². The predicted molar refractivity (Wildman–Crippen MR) is 136 cm³/mol. The molecule has 0 bridgehead atoms. The van der Waals surface area contributed by atoms with Crippen LogP contribution in [0.3, 0.4) is 0 Å². The van der Waals surface area contributed by atoms with Crippen LogP contribution in [0.1, 0.15) is 34.7 Å². The van der Waals surface area contributed by atoms with Gasteiger partial charge in [0.05, 0.1) is 22.4 Å². The Balaban J connectivity index is 1.59. The van der Waals surface area contributed by atoms with E-state index in [1.807, 2.05) is 34.9 Å². The smallest absolute Gasteiger partial charge is 0.253 e. The van der Waals surface area contributed by atoms with Gasteiger partial charge < -0.3 is 15.2 Å². The second-order valence-electron chi connectivity index (χ2n) is 7.43. The molecule has 1 heterocycles. The van der Waals surface area contributed by atoms with Gasteiger partial charge in [-0.3, -0.25) is 9.59 Å². The Labute approximate surface area is 212 Å². The molecule has 0 unspecified atom stereocenters. The summed E-state index contributed by atoms with van der Waals surface area (Å²) < 4.78 is 1.82. The number of benzene rings is 2. The number of rotatable bonds is 11.